The molecule has 19 heavy (non-hydrogen) atoms. The first-order valence-electron chi connectivity index (χ1n) is 6.92. The number of rotatable bonds is 7. The molecule has 0 aromatic heterocycles. The van der Waals surface area contributed by atoms with E-state index in [0.717, 1.165) is 12.2 Å². The standard InChI is InChI=1S/C15H21NO3/c17-9-8-16-15(18)5-2-10-19-14-7-6-12-3-1-4-13(12)11-14/h6-7,11,17H,1-5,8-10H2,(H,16,18). The Morgan fingerprint density at radius 2 is 2.16 bits per heavy atom. The molecule has 0 aliphatic heterocycles. The highest BCUT2D eigenvalue weighted by molar-refractivity contribution is 5.75. The molecule has 4 nitrogen and oxygen atoms in total. The van der Waals surface area contributed by atoms with E-state index in [1.165, 1.54) is 24.0 Å². The van der Waals surface area contributed by atoms with Crippen molar-refractivity contribution < 1.29 is 14.6 Å². The lowest BCUT2D eigenvalue weighted by molar-refractivity contribution is -0.121. The van der Waals surface area contributed by atoms with Crippen molar-refractivity contribution in [1.82, 2.24) is 5.32 Å². The molecule has 1 aliphatic rings. The van der Waals surface area contributed by atoms with E-state index >= 15 is 0 Å². The molecule has 1 aliphatic carbocycles. The number of carbonyl (C=O) groups is 1. The van der Waals surface area contributed by atoms with Crippen LogP contribution in [0.2, 0.25) is 0 Å². The molecule has 0 fully saturated rings. The predicted octanol–water partition coefficient (Wildman–Crippen LogP) is 1.44. The van der Waals surface area contributed by atoms with Crippen molar-refractivity contribution in [3.8, 4) is 5.75 Å². The lowest BCUT2D eigenvalue weighted by Crippen LogP contribution is -2.26. The van der Waals surface area contributed by atoms with E-state index < -0.39 is 0 Å². The third-order valence-electron chi connectivity index (χ3n) is 3.32. The topological polar surface area (TPSA) is 58.6 Å². The number of hydrogen-bond donors (Lipinski definition) is 2. The van der Waals surface area contributed by atoms with Crippen LogP contribution in [-0.4, -0.2) is 30.8 Å². The van der Waals surface area contributed by atoms with Crippen molar-refractivity contribution >= 4 is 5.91 Å². The predicted molar refractivity (Wildman–Crippen MR) is 73.3 cm³/mol. The number of nitrogens with one attached hydrogen (secondary N) is 1. The van der Waals surface area contributed by atoms with Gasteiger partial charge in [-0.2, -0.15) is 0 Å². The van der Waals surface area contributed by atoms with Gasteiger partial charge < -0.3 is 15.2 Å². The zero-order chi connectivity index (χ0) is 13.5. The number of hydrogen-bond acceptors (Lipinski definition) is 3. The summed E-state index contributed by atoms with van der Waals surface area (Å²) in [5.74, 6) is 0.864. The Morgan fingerprint density at radius 3 is 3.00 bits per heavy atom. The van der Waals surface area contributed by atoms with Gasteiger partial charge in [0.2, 0.25) is 5.91 Å². The fourth-order valence-electron chi connectivity index (χ4n) is 2.34. The SMILES string of the molecule is O=C(CCCOc1ccc2c(c1)CCC2)NCCO. The van der Waals surface area contributed by atoms with Gasteiger partial charge in [-0.3, -0.25) is 4.79 Å². The Labute approximate surface area is 113 Å². The monoisotopic (exact) mass is 263 g/mol. The summed E-state index contributed by atoms with van der Waals surface area (Å²) in [7, 11) is 0. The molecule has 0 saturated heterocycles. The van der Waals surface area contributed by atoms with Crippen LogP contribution >= 0.6 is 0 Å². The third-order valence-corrected chi connectivity index (χ3v) is 3.32. The molecule has 1 amide bonds. The van der Waals surface area contributed by atoms with Crippen molar-refractivity contribution in [1.29, 1.82) is 0 Å². The molecule has 0 atom stereocenters. The van der Waals surface area contributed by atoms with Crippen LogP contribution in [0, 0.1) is 0 Å². The normalized spacial score (nSPS) is 13.1. The average Bonchev–Trinajstić information content (AvgIpc) is 2.88. The zero-order valence-electron chi connectivity index (χ0n) is 11.2. The van der Waals surface area contributed by atoms with Crippen LogP contribution in [0.1, 0.15) is 30.4 Å². The van der Waals surface area contributed by atoms with Gasteiger partial charge in [-0.25, -0.2) is 0 Å². The van der Waals surface area contributed by atoms with Gasteiger partial charge in [0.15, 0.2) is 0 Å². The largest absolute Gasteiger partial charge is 0.494 e. The molecule has 0 bridgehead atoms. The van der Waals surface area contributed by atoms with E-state index in [-0.39, 0.29) is 12.5 Å². The van der Waals surface area contributed by atoms with E-state index in [2.05, 4.69) is 17.4 Å². The number of aliphatic hydroxyl groups is 1. The second-order valence-corrected chi connectivity index (χ2v) is 4.81. The van der Waals surface area contributed by atoms with Crippen LogP contribution in [0.5, 0.6) is 5.75 Å². The van der Waals surface area contributed by atoms with Gasteiger partial charge in [0.25, 0.3) is 0 Å². The van der Waals surface area contributed by atoms with Crippen molar-refractivity contribution in [2.75, 3.05) is 19.8 Å². The van der Waals surface area contributed by atoms with Crippen molar-refractivity contribution in [2.24, 2.45) is 0 Å². The molecular weight excluding hydrogens is 242 g/mol. The summed E-state index contributed by atoms with van der Waals surface area (Å²) in [6.45, 7) is 0.854. The Bertz CT molecular complexity index is 431. The van der Waals surface area contributed by atoms with E-state index in [1.54, 1.807) is 0 Å². The Kier molecular flexibility index (Phi) is 5.21. The van der Waals surface area contributed by atoms with Gasteiger partial charge in [-0.05, 0) is 48.9 Å². The maximum Gasteiger partial charge on any atom is 0.220 e. The number of amides is 1. The van der Waals surface area contributed by atoms with Crippen LogP contribution in [0.15, 0.2) is 18.2 Å². The van der Waals surface area contributed by atoms with Crippen molar-refractivity contribution in [3.63, 3.8) is 0 Å². The van der Waals surface area contributed by atoms with Crippen molar-refractivity contribution in [2.45, 2.75) is 32.1 Å². The first kappa shape index (κ1) is 13.9. The molecule has 2 rings (SSSR count). The lowest BCUT2D eigenvalue weighted by atomic mass is 10.1. The van der Waals surface area contributed by atoms with Gasteiger partial charge in [-0.15, -0.1) is 0 Å². The maximum atomic E-state index is 11.3. The molecule has 0 spiro atoms. The van der Waals surface area contributed by atoms with Gasteiger partial charge in [-0.1, -0.05) is 6.07 Å². The molecule has 1 aromatic carbocycles. The number of ether oxygens (including phenoxy) is 1. The fourth-order valence-corrected chi connectivity index (χ4v) is 2.34. The molecule has 0 heterocycles. The number of aryl methyl sites for hydroxylation is 2. The Morgan fingerprint density at radius 1 is 1.32 bits per heavy atom. The van der Waals surface area contributed by atoms with E-state index in [0.29, 0.717) is 26.0 Å². The van der Waals surface area contributed by atoms with Crippen molar-refractivity contribution in [3.05, 3.63) is 29.3 Å². The van der Waals surface area contributed by atoms with Gasteiger partial charge >= 0.3 is 0 Å². The summed E-state index contributed by atoms with van der Waals surface area (Å²) >= 11 is 0. The number of carbonyl (C=O) groups excluding carboxylic acids is 1. The quantitative estimate of drug-likeness (QED) is 0.732. The fraction of sp³-hybridized carbons (Fsp3) is 0.533. The van der Waals surface area contributed by atoms with E-state index in [1.807, 2.05) is 6.07 Å². The Balaban J connectivity index is 1.67. The molecule has 0 unspecified atom stereocenters. The molecule has 0 saturated carbocycles. The second-order valence-electron chi connectivity index (χ2n) is 4.81. The highest BCUT2D eigenvalue weighted by Crippen LogP contribution is 2.26. The van der Waals surface area contributed by atoms with Gasteiger partial charge in [0.05, 0.1) is 13.2 Å². The first-order chi connectivity index (χ1) is 9.29. The minimum atomic E-state index is -0.0356. The summed E-state index contributed by atoms with van der Waals surface area (Å²) in [6, 6.07) is 6.27. The van der Waals surface area contributed by atoms with Gasteiger partial charge in [0.1, 0.15) is 5.75 Å². The number of benzene rings is 1. The molecule has 2 N–H and O–H groups in total. The minimum absolute atomic E-state index is 0.0165. The van der Waals surface area contributed by atoms with E-state index in [9.17, 15) is 4.79 Å². The summed E-state index contributed by atoms with van der Waals surface area (Å²) in [5, 5.41) is 11.2. The van der Waals surface area contributed by atoms with Crippen LogP contribution in [0.3, 0.4) is 0 Å². The molecular formula is C15H21NO3. The highest BCUT2D eigenvalue weighted by Gasteiger charge is 2.11. The summed E-state index contributed by atoms with van der Waals surface area (Å²) in [6.07, 6.45) is 4.69. The van der Waals surface area contributed by atoms with Crippen LogP contribution in [-0.2, 0) is 17.6 Å². The molecule has 0 radical (unpaired) electrons. The Hall–Kier alpha value is -1.55. The average molecular weight is 263 g/mol. The number of aliphatic hydroxyl groups excluding tert-OH is 1. The highest BCUT2D eigenvalue weighted by atomic mass is 16.5. The van der Waals surface area contributed by atoms with Gasteiger partial charge in [0, 0.05) is 13.0 Å². The van der Waals surface area contributed by atoms with Crippen LogP contribution in [0.4, 0.5) is 0 Å². The number of fused-ring (bicyclic) bond motifs is 1. The van der Waals surface area contributed by atoms with Crippen LogP contribution < -0.4 is 10.1 Å². The molecule has 1 aromatic rings. The molecule has 104 valence electrons. The van der Waals surface area contributed by atoms with E-state index in [4.69, 9.17) is 9.84 Å². The smallest absolute Gasteiger partial charge is 0.220 e. The first-order valence-corrected chi connectivity index (χ1v) is 6.92. The third kappa shape index (κ3) is 4.24. The zero-order valence-corrected chi connectivity index (χ0v) is 11.2. The maximum absolute atomic E-state index is 11.3. The molecule has 4 heteroatoms. The summed E-state index contributed by atoms with van der Waals surface area (Å²) < 4.78 is 5.66. The lowest BCUT2D eigenvalue weighted by Gasteiger charge is -2.08. The second kappa shape index (κ2) is 7.14. The minimum Gasteiger partial charge on any atom is -0.494 e. The summed E-state index contributed by atoms with van der Waals surface area (Å²) in [4.78, 5) is 11.3. The van der Waals surface area contributed by atoms with Crippen LogP contribution in [0.25, 0.3) is 0 Å². The summed E-state index contributed by atoms with van der Waals surface area (Å²) in [5.41, 5.74) is 2.84.